The van der Waals surface area contributed by atoms with Crippen LogP contribution < -0.4 is 15.4 Å². The molecule has 0 bridgehead atoms. The highest BCUT2D eigenvalue weighted by Crippen LogP contribution is 2.18. The summed E-state index contributed by atoms with van der Waals surface area (Å²) in [6.45, 7) is 5.65. The van der Waals surface area contributed by atoms with Crippen LogP contribution in [-0.4, -0.2) is 36.1 Å². The van der Waals surface area contributed by atoms with Crippen LogP contribution in [0.25, 0.3) is 0 Å². The molecule has 1 aromatic heterocycles. The Labute approximate surface area is 124 Å². The Kier molecular flexibility index (Phi) is 3.90. The zero-order valence-electron chi connectivity index (χ0n) is 12.2. The Hall–Kier alpha value is -2.30. The van der Waals surface area contributed by atoms with E-state index in [2.05, 4.69) is 44.0 Å². The van der Waals surface area contributed by atoms with Crippen LogP contribution in [0.15, 0.2) is 41.2 Å². The largest absolute Gasteiger partial charge is 0.368 e. The number of anilines is 2. The van der Waals surface area contributed by atoms with Crippen LogP contribution in [0.2, 0.25) is 0 Å². The van der Waals surface area contributed by atoms with Crippen LogP contribution >= 0.6 is 0 Å². The summed E-state index contributed by atoms with van der Waals surface area (Å²) in [5, 5.41) is 0. The zero-order valence-corrected chi connectivity index (χ0v) is 12.2. The van der Waals surface area contributed by atoms with E-state index in [0.29, 0.717) is 0 Å². The Morgan fingerprint density at radius 2 is 1.76 bits per heavy atom. The number of aromatic amines is 1. The van der Waals surface area contributed by atoms with E-state index in [-0.39, 0.29) is 5.56 Å². The molecule has 0 aliphatic carbocycles. The number of hydrogen-bond donors (Lipinski definition) is 1. The molecule has 1 aromatic carbocycles. The van der Waals surface area contributed by atoms with E-state index in [1.807, 2.05) is 13.0 Å². The molecule has 21 heavy (non-hydrogen) atoms. The van der Waals surface area contributed by atoms with Crippen LogP contribution in [-0.2, 0) is 6.42 Å². The van der Waals surface area contributed by atoms with Crippen molar-refractivity contribution in [1.29, 1.82) is 0 Å². The minimum atomic E-state index is -0.0673. The Bertz CT molecular complexity index is 645. The van der Waals surface area contributed by atoms with E-state index in [4.69, 9.17) is 0 Å². The Morgan fingerprint density at radius 1 is 1.10 bits per heavy atom. The highest BCUT2D eigenvalue weighted by atomic mass is 16.1. The Balaban J connectivity index is 1.71. The van der Waals surface area contributed by atoms with Gasteiger partial charge in [0.05, 0.1) is 0 Å². The van der Waals surface area contributed by atoms with Crippen LogP contribution in [0, 0.1) is 0 Å². The van der Waals surface area contributed by atoms with E-state index < -0.39 is 0 Å². The van der Waals surface area contributed by atoms with Crippen LogP contribution in [0.5, 0.6) is 0 Å². The molecule has 5 nitrogen and oxygen atoms in total. The van der Waals surface area contributed by atoms with Crippen molar-refractivity contribution in [3.8, 4) is 0 Å². The van der Waals surface area contributed by atoms with Gasteiger partial charge in [0.25, 0.3) is 5.56 Å². The fraction of sp³-hybridized carbons (Fsp3) is 0.375. The lowest BCUT2D eigenvalue weighted by molar-refractivity contribution is 0.644. The van der Waals surface area contributed by atoms with Gasteiger partial charge < -0.3 is 14.8 Å². The summed E-state index contributed by atoms with van der Waals surface area (Å²) in [6.07, 6.45) is 0.743. The first-order valence-corrected chi connectivity index (χ1v) is 7.41. The number of nitrogens with zero attached hydrogens (tertiary/aromatic N) is 3. The summed E-state index contributed by atoms with van der Waals surface area (Å²) in [4.78, 5) is 23.5. The molecule has 0 amide bonds. The minimum Gasteiger partial charge on any atom is -0.368 e. The maximum absolute atomic E-state index is 11.7. The van der Waals surface area contributed by atoms with Crippen molar-refractivity contribution in [1.82, 2.24) is 9.97 Å². The molecule has 0 saturated carbocycles. The molecule has 2 heterocycles. The molecule has 1 fully saturated rings. The standard InChI is InChI=1S/C16H20N4O/c1-2-14-17-15(12-16(21)18-14)20-10-8-19(9-11-20)13-6-4-3-5-7-13/h3-7,12H,2,8-11H2,1H3,(H,17,18,21). The summed E-state index contributed by atoms with van der Waals surface area (Å²) >= 11 is 0. The lowest BCUT2D eigenvalue weighted by atomic mass is 10.2. The monoisotopic (exact) mass is 284 g/mol. The fourth-order valence-corrected chi connectivity index (χ4v) is 2.66. The van der Waals surface area contributed by atoms with Crippen molar-refractivity contribution in [2.75, 3.05) is 36.0 Å². The van der Waals surface area contributed by atoms with Gasteiger partial charge in [0.2, 0.25) is 0 Å². The van der Waals surface area contributed by atoms with Gasteiger partial charge in [-0.05, 0) is 12.1 Å². The number of piperazine rings is 1. The van der Waals surface area contributed by atoms with Gasteiger partial charge in [-0.1, -0.05) is 25.1 Å². The van der Waals surface area contributed by atoms with Crippen molar-refractivity contribution < 1.29 is 0 Å². The fourth-order valence-electron chi connectivity index (χ4n) is 2.66. The molecule has 1 aliphatic heterocycles. The molecule has 5 heteroatoms. The van der Waals surface area contributed by atoms with Crippen molar-refractivity contribution in [2.24, 2.45) is 0 Å². The molecule has 0 spiro atoms. The summed E-state index contributed by atoms with van der Waals surface area (Å²) < 4.78 is 0. The molecular formula is C16H20N4O. The highest BCUT2D eigenvalue weighted by Gasteiger charge is 2.18. The molecule has 0 radical (unpaired) electrons. The summed E-state index contributed by atoms with van der Waals surface area (Å²) in [5.74, 6) is 1.55. The van der Waals surface area contributed by atoms with E-state index in [1.165, 1.54) is 5.69 Å². The number of hydrogen-bond acceptors (Lipinski definition) is 4. The molecule has 1 N–H and O–H groups in total. The van der Waals surface area contributed by atoms with Gasteiger partial charge in [0.1, 0.15) is 11.6 Å². The zero-order chi connectivity index (χ0) is 14.7. The lowest BCUT2D eigenvalue weighted by Crippen LogP contribution is -2.47. The average molecular weight is 284 g/mol. The molecule has 110 valence electrons. The summed E-state index contributed by atoms with van der Waals surface area (Å²) in [7, 11) is 0. The van der Waals surface area contributed by atoms with Gasteiger partial charge >= 0.3 is 0 Å². The average Bonchev–Trinajstić information content (AvgIpc) is 2.55. The first-order valence-electron chi connectivity index (χ1n) is 7.41. The second-order valence-electron chi connectivity index (χ2n) is 5.21. The maximum atomic E-state index is 11.7. The minimum absolute atomic E-state index is 0.0673. The SMILES string of the molecule is CCc1nc(N2CCN(c3ccccc3)CC2)cc(=O)[nH]1. The van der Waals surface area contributed by atoms with Gasteiger partial charge in [-0.25, -0.2) is 4.98 Å². The van der Waals surface area contributed by atoms with Gasteiger partial charge in [0, 0.05) is 44.4 Å². The number of nitrogens with one attached hydrogen (secondary N) is 1. The van der Waals surface area contributed by atoms with Gasteiger partial charge in [-0.15, -0.1) is 0 Å². The van der Waals surface area contributed by atoms with E-state index in [1.54, 1.807) is 6.07 Å². The quantitative estimate of drug-likeness (QED) is 0.931. The number of aromatic nitrogens is 2. The number of H-pyrrole nitrogens is 1. The van der Waals surface area contributed by atoms with E-state index >= 15 is 0 Å². The molecule has 0 atom stereocenters. The van der Waals surface area contributed by atoms with Crippen molar-refractivity contribution in [3.63, 3.8) is 0 Å². The third-order valence-electron chi connectivity index (χ3n) is 3.84. The van der Waals surface area contributed by atoms with Gasteiger partial charge in [0.15, 0.2) is 0 Å². The van der Waals surface area contributed by atoms with E-state index in [0.717, 1.165) is 44.2 Å². The molecule has 3 rings (SSSR count). The summed E-state index contributed by atoms with van der Waals surface area (Å²) in [5.41, 5.74) is 1.19. The first kappa shape index (κ1) is 13.7. The third-order valence-corrected chi connectivity index (χ3v) is 3.84. The number of para-hydroxylation sites is 1. The normalized spacial score (nSPS) is 15.3. The van der Waals surface area contributed by atoms with Gasteiger partial charge in [-0.2, -0.15) is 0 Å². The van der Waals surface area contributed by atoms with Crippen molar-refractivity contribution >= 4 is 11.5 Å². The maximum Gasteiger partial charge on any atom is 0.252 e. The number of rotatable bonds is 3. The predicted octanol–water partition coefficient (Wildman–Crippen LogP) is 1.66. The molecular weight excluding hydrogens is 264 g/mol. The molecule has 0 unspecified atom stereocenters. The number of aryl methyl sites for hydroxylation is 1. The van der Waals surface area contributed by atoms with Gasteiger partial charge in [-0.3, -0.25) is 4.79 Å². The third kappa shape index (κ3) is 3.07. The highest BCUT2D eigenvalue weighted by molar-refractivity contribution is 5.49. The Morgan fingerprint density at radius 3 is 2.43 bits per heavy atom. The smallest absolute Gasteiger partial charge is 0.252 e. The molecule has 1 aliphatic rings. The first-order chi connectivity index (χ1) is 10.3. The van der Waals surface area contributed by atoms with Crippen LogP contribution in [0.1, 0.15) is 12.7 Å². The second-order valence-corrected chi connectivity index (χ2v) is 5.21. The van der Waals surface area contributed by atoms with Crippen molar-refractivity contribution in [2.45, 2.75) is 13.3 Å². The van der Waals surface area contributed by atoms with Crippen LogP contribution in [0.4, 0.5) is 11.5 Å². The number of benzene rings is 1. The van der Waals surface area contributed by atoms with Crippen LogP contribution in [0.3, 0.4) is 0 Å². The molecule has 1 saturated heterocycles. The second kappa shape index (κ2) is 5.99. The van der Waals surface area contributed by atoms with Crippen molar-refractivity contribution in [3.05, 3.63) is 52.6 Å². The topological polar surface area (TPSA) is 52.2 Å². The summed E-state index contributed by atoms with van der Waals surface area (Å²) in [6, 6.07) is 12.0. The predicted molar refractivity (Wildman–Crippen MR) is 85.1 cm³/mol. The van der Waals surface area contributed by atoms with E-state index in [9.17, 15) is 4.79 Å². The lowest BCUT2D eigenvalue weighted by Gasteiger charge is -2.36. The molecule has 2 aromatic rings.